The van der Waals surface area contributed by atoms with Crippen LogP contribution in [0, 0.1) is 11.3 Å². The van der Waals surface area contributed by atoms with Gasteiger partial charge < -0.3 is 0 Å². The van der Waals surface area contributed by atoms with E-state index in [-0.39, 0.29) is 22.2 Å². The van der Waals surface area contributed by atoms with Crippen molar-refractivity contribution < 1.29 is 8.42 Å². The normalized spacial score (nSPS) is 11.1. The summed E-state index contributed by atoms with van der Waals surface area (Å²) in [7, 11) is -3.77. The summed E-state index contributed by atoms with van der Waals surface area (Å²) in [6, 6.07) is 11.7. The Hall–Kier alpha value is -2.39. The van der Waals surface area contributed by atoms with E-state index >= 15 is 0 Å². The van der Waals surface area contributed by atoms with Gasteiger partial charge >= 0.3 is 0 Å². The van der Waals surface area contributed by atoms with Gasteiger partial charge in [0.05, 0.1) is 10.5 Å². The molecule has 1 aromatic heterocycles. The highest BCUT2D eigenvalue weighted by Gasteiger charge is 2.17. The highest BCUT2D eigenvalue weighted by Crippen LogP contribution is 2.21. The van der Waals surface area contributed by atoms with Gasteiger partial charge in [0.2, 0.25) is 0 Å². The number of aromatic nitrogens is 1. The molecule has 0 saturated carbocycles. The predicted octanol–water partition coefficient (Wildman–Crippen LogP) is 2.88. The fourth-order valence-corrected chi connectivity index (χ4v) is 2.89. The van der Waals surface area contributed by atoms with Crippen molar-refractivity contribution in [2.75, 3.05) is 4.72 Å². The third-order valence-corrected chi connectivity index (χ3v) is 4.33. The molecule has 0 radical (unpaired) electrons. The average Bonchev–Trinajstić information content (AvgIpc) is 2.47. The number of rotatable bonds is 4. The minimum absolute atomic E-state index is 0.0370. The second-order valence-electron chi connectivity index (χ2n) is 4.84. The molecule has 6 heteroatoms. The zero-order valence-electron chi connectivity index (χ0n) is 11.7. The van der Waals surface area contributed by atoms with Crippen molar-refractivity contribution >= 4 is 15.8 Å². The van der Waals surface area contributed by atoms with Crippen LogP contribution in [0.15, 0.2) is 47.5 Å². The predicted molar refractivity (Wildman–Crippen MR) is 80.3 cm³/mol. The smallest absolute Gasteiger partial charge is 0.262 e. The molecule has 0 unspecified atom stereocenters. The van der Waals surface area contributed by atoms with E-state index in [1.54, 1.807) is 18.2 Å². The van der Waals surface area contributed by atoms with Gasteiger partial charge in [0.1, 0.15) is 6.07 Å². The molecule has 0 saturated heterocycles. The third kappa shape index (κ3) is 3.38. The topological polar surface area (TPSA) is 82.8 Å². The number of benzene rings is 1. The van der Waals surface area contributed by atoms with Gasteiger partial charge in [0, 0.05) is 6.20 Å². The van der Waals surface area contributed by atoms with E-state index in [4.69, 9.17) is 5.26 Å². The standard InChI is InChI=1S/C15H15N3O2S/c1-11(2)12-5-3-7-14(9-12)21(19,20)18-15-13(10-16)6-4-8-17-15/h3-9,11H,1-2H3,(H,17,18). The Balaban J connectivity index is 2.39. The van der Waals surface area contributed by atoms with Gasteiger partial charge in [-0.2, -0.15) is 5.26 Å². The van der Waals surface area contributed by atoms with Crippen molar-refractivity contribution in [2.24, 2.45) is 0 Å². The number of pyridine rings is 1. The first-order chi connectivity index (χ1) is 9.94. The van der Waals surface area contributed by atoms with Crippen molar-refractivity contribution in [3.05, 3.63) is 53.7 Å². The maximum Gasteiger partial charge on any atom is 0.263 e. The number of nitrogens with zero attached hydrogens (tertiary/aromatic N) is 2. The van der Waals surface area contributed by atoms with Gasteiger partial charge in [-0.15, -0.1) is 0 Å². The molecule has 0 aliphatic heterocycles. The fourth-order valence-electron chi connectivity index (χ4n) is 1.80. The Bertz CT molecular complexity index is 793. The summed E-state index contributed by atoms with van der Waals surface area (Å²) in [6.07, 6.45) is 1.43. The quantitative estimate of drug-likeness (QED) is 0.941. The molecular formula is C15H15N3O2S. The van der Waals surface area contributed by atoms with Crippen LogP contribution in [0.3, 0.4) is 0 Å². The molecule has 1 aromatic carbocycles. The molecule has 0 amide bonds. The lowest BCUT2D eigenvalue weighted by Gasteiger charge is -2.11. The van der Waals surface area contributed by atoms with Crippen molar-refractivity contribution in [1.82, 2.24) is 4.98 Å². The van der Waals surface area contributed by atoms with E-state index in [0.717, 1.165) is 5.56 Å². The Kier molecular flexibility index (Phi) is 4.24. The van der Waals surface area contributed by atoms with Gasteiger partial charge in [-0.25, -0.2) is 13.4 Å². The highest BCUT2D eigenvalue weighted by atomic mass is 32.2. The van der Waals surface area contributed by atoms with E-state index in [1.807, 2.05) is 26.0 Å². The molecule has 0 aliphatic rings. The molecule has 0 atom stereocenters. The Labute approximate surface area is 124 Å². The first kappa shape index (κ1) is 15.0. The maximum atomic E-state index is 12.4. The summed E-state index contributed by atoms with van der Waals surface area (Å²) in [5, 5.41) is 8.98. The zero-order valence-corrected chi connectivity index (χ0v) is 12.6. The van der Waals surface area contributed by atoms with Crippen LogP contribution in [0.1, 0.15) is 30.9 Å². The molecule has 108 valence electrons. The minimum Gasteiger partial charge on any atom is -0.262 e. The average molecular weight is 301 g/mol. The monoisotopic (exact) mass is 301 g/mol. The summed E-state index contributed by atoms with van der Waals surface area (Å²) in [5.41, 5.74) is 1.11. The van der Waals surface area contributed by atoms with Crippen LogP contribution in [0.2, 0.25) is 0 Å². The molecule has 1 N–H and O–H groups in total. The van der Waals surface area contributed by atoms with Crippen molar-refractivity contribution in [1.29, 1.82) is 5.26 Å². The number of nitriles is 1. The molecule has 0 bridgehead atoms. The number of anilines is 1. The lowest BCUT2D eigenvalue weighted by molar-refractivity contribution is 0.600. The molecule has 2 rings (SSSR count). The van der Waals surface area contributed by atoms with Gasteiger partial charge in [-0.05, 0) is 35.7 Å². The van der Waals surface area contributed by atoms with Gasteiger partial charge in [0.15, 0.2) is 5.82 Å². The first-order valence-electron chi connectivity index (χ1n) is 6.42. The Morgan fingerprint density at radius 3 is 2.67 bits per heavy atom. The molecule has 0 spiro atoms. The number of hydrogen-bond donors (Lipinski definition) is 1. The summed E-state index contributed by atoms with van der Waals surface area (Å²) < 4.78 is 27.1. The summed E-state index contributed by atoms with van der Waals surface area (Å²) >= 11 is 0. The number of hydrogen-bond acceptors (Lipinski definition) is 4. The van der Waals surface area contributed by atoms with E-state index in [2.05, 4.69) is 9.71 Å². The van der Waals surface area contributed by atoms with Crippen LogP contribution in [-0.2, 0) is 10.0 Å². The Morgan fingerprint density at radius 1 is 1.24 bits per heavy atom. The van der Waals surface area contributed by atoms with Crippen LogP contribution >= 0.6 is 0 Å². The van der Waals surface area contributed by atoms with E-state index in [1.165, 1.54) is 18.3 Å². The van der Waals surface area contributed by atoms with E-state index in [0.29, 0.717) is 0 Å². The summed E-state index contributed by atoms with van der Waals surface area (Å²) in [4.78, 5) is 4.06. The van der Waals surface area contributed by atoms with Crippen LogP contribution < -0.4 is 4.72 Å². The zero-order chi connectivity index (χ0) is 15.5. The Morgan fingerprint density at radius 2 is 2.00 bits per heavy atom. The second kappa shape index (κ2) is 5.94. The number of sulfonamides is 1. The van der Waals surface area contributed by atoms with Crippen molar-refractivity contribution in [3.63, 3.8) is 0 Å². The molecule has 0 fully saturated rings. The SMILES string of the molecule is CC(C)c1cccc(S(=O)(=O)Nc2ncccc2C#N)c1. The van der Waals surface area contributed by atoms with Crippen molar-refractivity contribution in [2.45, 2.75) is 24.7 Å². The van der Waals surface area contributed by atoms with Crippen LogP contribution in [0.5, 0.6) is 0 Å². The molecular weight excluding hydrogens is 286 g/mol. The molecule has 21 heavy (non-hydrogen) atoms. The van der Waals surface area contributed by atoms with Crippen LogP contribution in [-0.4, -0.2) is 13.4 Å². The van der Waals surface area contributed by atoms with E-state index < -0.39 is 10.0 Å². The largest absolute Gasteiger partial charge is 0.263 e. The fraction of sp³-hybridized carbons (Fsp3) is 0.200. The van der Waals surface area contributed by atoms with E-state index in [9.17, 15) is 8.42 Å². The molecule has 0 aliphatic carbocycles. The van der Waals surface area contributed by atoms with Crippen molar-refractivity contribution in [3.8, 4) is 6.07 Å². The third-order valence-electron chi connectivity index (χ3n) is 2.99. The van der Waals surface area contributed by atoms with Crippen LogP contribution in [0.4, 0.5) is 5.82 Å². The summed E-state index contributed by atoms with van der Waals surface area (Å²) in [6.45, 7) is 3.98. The van der Waals surface area contributed by atoms with Crippen LogP contribution in [0.25, 0.3) is 0 Å². The minimum atomic E-state index is -3.77. The maximum absolute atomic E-state index is 12.4. The first-order valence-corrected chi connectivity index (χ1v) is 7.90. The molecule has 5 nitrogen and oxygen atoms in total. The molecule has 1 heterocycles. The second-order valence-corrected chi connectivity index (χ2v) is 6.53. The molecule has 2 aromatic rings. The summed E-state index contributed by atoms with van der Waals surface area (Å²) in [5.74, 6) is 0.264. The lowest BCUT2D eigenvalue weighted by atomic mass is 10.0. The lowest BCUT2D eigenvalue weighted by Crippen LogP contribution is -2.15. The number of nitrogens with one attached hydrogen (secondary N) is 1. The van der Waals surface area contributed by atoms with Gasteiger partial charge in [0.25, 0.3) is 10.0 Å². The van der Waals surface area contributed by atoms with Gasteiger partial charge in [-0.3, -0.25) is 4.72 Å². The van der Waals surface area contributed by atoms with Gasteiger partial charge in [-0.1, -0.05) is 26.0 Å². The highest BCUT2D eigenvalue weighted by molar-refractivity contribution is 7.92.